The smallest absolute Gasteiger partial charge is 0.127 e. The number of hydrogen-bond donors (Lipinski definition) is 0. The van der Waals surface area contributed by atoms with E-state index in [0.29, 0.717) is 18.4 Å². The van der Waals surface area contributed by atoms with Crippen molar-refractivity contribution in [2.75, 3.05) is 13.7 Å². The number of hydrogen-bond acceptors (Lipinski definition) is 2. The molecule has 1 saturated heterocycles. The summed E-state index contributed by atoms with van der Waals surface area (Å²) >= 11 is 0. The molecule has 3 heteroatoms. The second-order valence-electron chi connectivity index (χ2n) is 3.31. The van der Waals surface area contributed by atoms with Gasteiger partial charge in [0.15, 0.2) is 0 Å². The first-order valence-electron chi connectivity index (χ1n) is 4.64. The molecule has 1 radical (unpaired) electrons. The van der Waals surface area contributed by atoms with Crippen LogP contribution in [0, 0.1) is 11.8 Å². The van der Waals surface area contributed by atoms with Crippen LogP contribution in [-0.4, -0.2) is 35.0 Å². The molecule has 1 fully saturated rings. The number of methoxy groups -OCH3 is 1. The fourth-order valence-corrected chi connectivity index (χ4v) is 1.44. The van der Waals surface area contributed by atoms with Crippen LogP contribution in [-0.2, 0) is 9.47 Å². The molecule has 0 N–H and O–H groups in total. The van der Waals surface area contributed by atoms with Crippen LogP contribution in [0.2, 0.25) is 0 Å². The standard InChI is InChI=1S/C8H16BO2/c1-5-6(2)8(9)11-7(5)4-10-3/h5-9H,4H2,1-3H3/i9D. The molecule has 0 aromatic carbocycles. The van der Waals surface area contributed by atoms with Crippen molar-refractivity contribution in [1.29, 1.82) is 1.34 Å². The van der Waals surface area contributed by atoms with E-state index in [1.165, 1.54) is 7.81 Å². The maximum Gasteiger partial charge on any atom is 0.127 e. The van der Waals surface area contributed by atoms with E-state index < -0.39 is 0 Å². The Labute approximate surface area is 71.0 Å². The molecule has 1 aliphatic heterocycles. The highest BCUT2D eigenvalue weighted by Gasteiger charge is 2.35. The van der Waals surface area contributed by atoms with Crippen LogP contribution in [0.3, 0.4) is 0 Å². The van der Waals surface area contributed by atoms with Crippen molar-refractivity contribution < 1.29 is 9.47 Å². The summed E-state index contributed by atoms with van der Waals surface area (Å²) in [6.45, 7) is 4.91. The molecule has 0 saturated carbocycles. The van der Waals surface area contributed by atoms with Crippen LogP contribution >= 0.6 is 0 Å². The Bertz CT molecular complexity index is 145. The van der Waals surface area contributed by atoms with Crippen molar-refractivity contribution in [3.05, 3.63) is 0 Å². The summed E-state index contributed by atoms with van der Waals surface area (Å²) in [6, 6.07) is -0.0138. The van der Waals surface area contributed by atoms with Gasteiger partial charge in [-0.25, -0.2) is 0 Å². The van der Waals surface area contributed by atoms with Crippen LogP contribution in [0.5, 0.6) is 0 Å². The molecule has 1 rings (SSSR count). The van der Waals surface area contributed by atoms with E-state index in [1.54, 1.807) is 7.11 Å². The fourth-order valence-electron chi connectivity index (χ4n) is 1.44. The third-order valence-electron chi connectivity index (χ3n) is 2.60. The lowest BCUT2D eigenvalue weighted by molar-refractivity contribution is 0.0116. The zero-order valence-corrected chi connectivity index (χ0v) is 7.41. The lowest BCUT2D eigenvalue weighted by Gasteiger charge is -2.14. The van der Waals surface area contributed by atoms with E-state index >= 15 is 0 Å². The van der Waals surface area contributed by atoms with Crippen LogP contribution in [0.15, 0.2) is 0 Å². The molecule has 0 aromatic rings. The fraction of sp³-hybridized carbons (Fsp3) is 1.00. The van der Waals surface area contributed by atoms with Crippen molar-refractivity contribution in [2.45, 2.75) is 26.0 Å². The highest BCUT2D eigenvalue weighted by Crippen LogP contribution is 2.30. The average Bonchev–Trinajstić information content (AvgIpc) is 2.33. The molecule has 11 heavy (non-hydrogen) atoms. The normalized spacial score (nSPS) is 45.5. The highest BCUT2D eigenvalue weighted by molar-refractivity contribution is 6.11. The molecular formula is C8H16BO2. The maximum absolute atomic E-state index is 7.15. The van der Waals surface area contributed by atoms with Gasteiger partial charge in [-0.2, -0.15) is 0 Å². The Morgan fingerprint density at radius 3 is 2.73 bits per heavy atom. The first kappa shape index (κ1) is 7.62. The summed E-state index contributed by atoms with van der Waals surface area (Å²) in [5.74, 6) is 0.916. The SMILES string of the molecule is [2H][B]C1OC(COC)C(C)C1C. The molecule has 0 spiro atoms. The summed E-state index contributed by atoms with van der Waals surface area (Å²) in [7, 11) is 3.06. The van der Waals surface area contributed by atoms with Crippen molar-refractivity contribution >= 4 is 7.81 Å². The predicted molar refractivity (Wildman–Crippen MR) is 46.0 cm³/mol. The predicted octanol–water partition coefficient (Wildman–Crippen LogP) is 0.531. The summed E-state index contributed by atoms with van der Waals surface area (Å²) in [6.07, 6.45) is 0.164. The van der Waals surface area contributed by atoms with E-state index in [4.69, 9.17) is 10.8 Å². The minimum Gasteiger partial charge on any atom is -0.382 e. The minimum absolute atomic E-state index is 0.0138. The van der Waals surface area contributed by atoms with Crippen molar-refractivity contribution in [1.82, 2.24) is 0 Å². The van der Waals surface area contributed by atoms with Gasteiger partial charge in [0.25, 0.3) is 0 Å². The zero-order valence-electron chi connectivity index (χ0n) is 8.41. The zero-order chi connectivity index (χ0) is 9.14. The summed E-state index contributed by atoms with van der Waals surface area (Å²) < 4.78 is 17.8. The number of ether oxygens (including phenoxy) is 2. The van der Waals surface area contributed by atoms with Gasteiger partial charge in [-0.05, 0) is 13.2 Å². The molecule has 0 amide bonds. The summed E-state index contributed by atoms with van der Waals surface area (Å²) in [5, 5.41) is 0. The van der Waals surface area contributed by atoms with E-state index in [2.05, 4.69) is 13.8 Å². The van der Waals surface area contributed by atoms with Crippen LogP contribution in [0.1, 0.15) is 13.8 Å². The van der Waals surface area contributed by atoms with E-state index in [-0.39, 0.29) is 12.1 Å². The molecule has 0 aliphatic carbocycles. The molecule has 63 valence electrons. The monoisotopic (exact) mass is 156 g/mol. The Morgan fingerprint density at radius 2 is 2.27 bits per heavy atom. The van der Waals surface area contributed by atoms with Gasteiger partial charge in [0.05, 0.1) is 12.7 Å². The van der Waals surface area contributed by atoms with Gasteiger partial charge < -0.3 is 9.47 Å². The Balaban J connectivity index is 2.48. The topological polar surface area (TPSA) is 18.5 Å². The molecular weight excluding hydrogens is 139 g/mol. The van der Waals surface area contributed by atoms with Gasteiger partial charge in [0.2, 0.25) is 0 Å². The number of rotatable bonds is 3. The summed E-state index contributed by atoms with van der Waals surface area (Å²) in [4.78, 5) is 0. The van der Waals surface area contributed by atoms with Gasteiger partial charge >= 0.3 is 0 Å². The largest absolute Gasteiger partial charge is 0.382 e. The minimum atomic E-state index is -0.0138. The van der Waals surface area contributed by atoms with Crippen LogP contribution < -0.4 is 0 Å². The molecule has 4 unspecified atom stereocenters. The van der Waals surface area contributed by atoms with Crippen LogP contribution in [0.25, 0.3) is 0 Å². The highest BCUT2D eigenvalue weighted by atomic mass is 16.5. The van der Waals surface area contributed by atoms with Crippen molar-refractivity contribution in [3.63, 3.8) is 0 Å². The second-order valence-corrected chi connectivity index (χ2v) is 3.31. The molecule has 1 aliphatic rings. The van der Waals surface area contributed by atoms with Gasteiger partial charge in [0, 0.05) is 13.1 Å². The third-order valence-corrected chi connectivity index (χ3v) is 2.60. The molecule has 0 aromatic heterocycles. The molecule has 1 heterocycles. The first-order chi connectivity index (χ1) is 5.70. The Morgan fingerprint density at radius 1 is 1.55 bits per heavy atom. The molecule has 2 nitrogen and oxygen atoms in total. The van der Waals surface area contributed by atoms with E-state index in [9.17, 15) is 0 Å². The lowest BCUT2D eigenvalue weighted by atomic mass is 9.82. The summed E-state index contributed by atoms with van der Waals surface area (Å²) in [5.41, 5.74) is 0. The molecule has 4 atom stereocenters. The van der Waals surface area contributed by atoms with Gasteiger partial charge in [0.1, 0.15) is 7.81 Å². The van der Waals surface area contributed by atoms with E-state index in [0.717, 1.165) is 0 Å². The van der Waals surface area contributed by atoms with Gasteiger partial charge in [-0.15, -0.1) is 0 Å². The Hall–Kier alpha value is -0.0151. The van der Waals surface area contributed by atoms with Crippen molar-refractivity contribution in [3.8, 4) is 0 Å². The molecule has 0 bridgehead atoms. The van der Waals surface area contributed by atoms with Gasteiger partial charge in [-0.3, -0.25) is 0 Å². The third kappa shape index (κ3) is 1.77. The first-order valence-corrected chi connectivity index (χ1v) is 4.06. The Kier molecular flexibility index (Phi) is 2.49. The average molecular weight is 156 g/mol. The van der Waals surface area contributed by atoms with E-state index in [1.807, 2.05) is 0 Å². The van der Waals surface area contributed by atoms with Crippen molar-refractivity contribution in [2.24, 2.45) is 11.8 Å². The second kappa shape index (κ2) is 3.59. The van der Waals surface area contributed by atoms with Crippen LogP contribution in [0.4, 0.5) is 0 Å². The quantitative estimate of drug-likeness (QED) is 0.555. The maximum atomic E-state index is 7.15. The lowest BCUT2D eigenvalue weighted by Crippen LogP contribution is -2.21. The van der Waals surface area contributed by atoms with Gasteiger partial charge in [-0.1, -0.05) is 13.8 Å².